The second-order valence-corrected chi connectivity index (χ2v) is 5.74. The molecule has 2 aromatic heterocycles. The molecular formula is C16H17ClN6O. The maximum absolute atomic E-state index is 11.8. The lowest BCUT2D eigenvalue weighted by atomic mass is 10.2. The number of hydrogen-bond donors (Lipinski definition) is 2. The van der Waals surface area contributed by atoms with Gasteiger partial charge in [0.15, 0.2) is 0 Å². The summed E-state index contributed by atoms with van der Waals surface area (Å²) in [7, 11) is 0. The summed E-state index contributed by atoms with van der Waals surface area (Å²) in [6.45, 7) is 1.05. The number of aryl methyl sites for hydroxylation is 1. The molecular weight excluding hydrogens is 328 g/mol. The normalized spacial score (nSPS) is 10.7. The van der Waals surface area contributed by atoms with Crippen LogP contribution in [0.5, 0.6) is 0 Å². The van der Waals surface area contributed by atoms with Crippen molar-refractivity contribution >= 4 is 23.4 Å². The molecule has 7 nitrogen and oxygen atoms in total. The molecule has 8 heteroatoms. The summed E-state index contributed by atoms with van der Waals surface area (Å²) < 4.78 is 1.64. The van der Waals surface area contributed by atoms with Crippen molar-refractivity contribution in [3.8, 4) is 0 Å². The summed E-state index contributed by atoms with van der Waals surface area (Å²) in [5.41, 5.74) is 2.05. The largest absolute Gasteiger partial charge is 0.338 e. The predicted octanol–water partition coefficient (Wildman–Crippen LogP) is 2.21. The quantitative estimate of drug-likeness (QED) is 0.671. The number of carbonyl (C=O) groups excluding carboxylic acids is 1. The first-order chi connectivity index (χ1) is 11.7. The molecule has 0 bridgehead atoms. The van der Waals surface area contributed by atoms with Gasteiger partial charge in [-0.1, -0.05) is 23.7 Å². The van der Waals surface area contributed by atoms with Crippen molar-refractivity contribution in [1.29, 1.82) is 0 Å². The summed E-state index contributed by atoms with van der Waals surface area (Å²) in [5, 5.41) is 10.4. The van der Waals surface area contributed by atoms with E-state index in [-0.39, 0.29) is 6.03 Å². The molecule has 0 spiro atoms. The van der Waals surface area contributed by atoms with Gasteiger partial charge in [-0.2, -0.15) is 10.1 Å². The molecule has 3 aromatic rings. The van der Waals surface area contributed by atoms with E-state index in [1.54, 1.807) is 22.8 Å². The lowest BCUT2D eigenvalue weighted by Crippen LogP contribution is -2.35. The summed E-state index contributed by atoms with van der Waals surface area (Å²) in [6.07, 6.45) is 6.77. The molecule has 1 aromatic carbocycles. The lowest BCUT2D eigenvalue weighted by molar-refractivity contribution is 0.240. The second kappa shape index (κ2) is 7.74. The minimum atomic E-state index is -0.185. The van der Waals surface area contributed by atoms with Gasteiger partial charge in [0.25, 0.3) is 5.78 Å². The van der Waals surface area contributed by atoms with Crippen molar-refractivity contribution in [3.05, 3.63) is 59.1 Å². The Bertz CT molecular complexity index is 817. The molecule has 0 aliphatic rings. The number of carbonyl (C=O) groups is 1. The maximum atomic E-state index is 11.8. The Labute approximate surface area is 144 Å². The molecule has 0 saturated carbocycles. The molecule has 124 valence electrons. The average Bonchev–Trinajstić information content (AvgIpc) is 3.06. The molecule has 0 atom stereocenters. The van der Waals surface area contributed by atoms with Crippen molar-refractivity contribution in [2.75, 3.05) is 6.54 Å². The Morgan fingerprint density at radius 3 is 2.79 bits per heavy atom. The number of aromatic nitrogens is 4. The summed E-state index contributed by atoms with van der Waals surface area (Å²) >= 11 is 5.82. The Kier molecular flexibility index (Phi) is 5.22. The Balaban J connectivity index is 1.36. The van der Waals surface area contributed by atoms with Crippen LogP contribution in [0.4, 0.5) is 4.79 Å². The highest BCUT2D eigenvalue weighted by molar-refractivity contribution is 6.30. The molecule has 3 rings (SSSR count). The average molecular weight is 345 g/mol. The van der Waals surface area contributed by atoms with E-state index in [9.17, 15) is 4.79 Å². The van der Waals surface area contributed by atoms with Gasteiger partial charge in [0.2, 0.25) is 0 Å². The van der Waals surface area contributed by atoms with Crippen molar-refractivity contribution in [1.82, 2.24) is 30.2 Å². The number of benzene rings is 1. The van der Waals surface area contributed by atoms with Crippen LogP contribution in [0.15, 0.2) is 43.0 Å². The molecule has 2 heterocycles. The highest BCUT2D eigenvalue weighted by atomic mass is 35.5. The van der Waals surface area contributed by atoms with Crippen LogP contribution in [0.1, 0.15) is 17.5 Å². The van der Waals surface area contributed by atoms with Gasteiger partial charge < -0.3 is 10.6 Å². The van der Waals surface area contributed by atoms with Gasteiger partial charge in [-0.25, -0.2) is 14.3 Å². The van der Waals surface area contributed by atoms with Crippen LogP contribution in [-0.4, -0.2) is 32.2 Å². The van der Waals surface area contributed by atoms with E-state index >= 15 is 0 Å². The Morgan fingerprint density at radius 2 is 1.96 bits per heavy atom. The van der Waals surface area contributed by atoms with Gasteiger partial charge in [-0.3, -0.25) is 0 Å². The van der Waals surface area contributed by atoms with Crippen LogP contribution in [0.25, 0.3) is 5.78 Å². The van der Waals surface area contributed by atoms with Crippen molar-refractivity contribution in [3.63, 3.8) is 0 Å². The fourth-order valence-electron chi connectivity index (χ4n) is 2.23. The SMILES string of the molecule is O=C(NCCCc1cnc2ncnn2c1)NCc1ccc(Cl)cc1. The molecule has 0 aliphatic heterocycles. The van der Waals surface area contributed by atoms with Crippen molar-refractivity contribution in [2.45, 2.75) is 19.4 Å². The zero-order valence-electron chi connectivity index (χ0n) is 12.9. The van der Waals surface area contributed by atoms with Crippen LogP contribution in [0.3, 0.4) is 0 Å². The number of urea groups is 1. The number of fused-ring (bicyclic) bond motifs is 1. The number of amides is 2. The van der Waals surface area contributed by atoms with E-state index in [2.05, 4.69) is 25.7 Å². The zero-order valence-corrected chi connectivity index (χ0v) is 13.7. The van der Waals surface area contributed by atoms with E-state index in [1.807, 2.05) is 18.3 Å². The van der Waals surface area contributed by atoms with Gasteiger partial charge in [0.05, 0.1) is 0 Å². The van der Waals surface area contributed by atoms with Crippen LogP contribution in [0, 0.1) is 0 Å². The summed E-state index contributed by atoms with van der Waals surface area (Å²) in [4.78, 5) is 20.0. The third kappa shape index (κ3) is 4.42. The predicted molar refractivity (Wildman–Crippen MR) is 90.8 cm³/mol. The maximum Gasteiger partial charge on any atom is 0.315 e. The molecule has 2 amide bonds. The van der Waals surface area contributed by atoms with E-state index < -0.39 is 0 Å². The minimum absolute atomic E-state index is 0.185. The molecule has 2 N–H and O–H groups in total. The van der Waals surface area contributed by atoms with Gasteiger partial charge in [0.1, 0.15) is 6.33 Å². The first-order valence-electron chi connectivity index (χ1n) is 7.61. The van der Waals surface area contributed by atoms with E-state index in [4.69, 9.17) is 11.6 Å². The summed E-state index contributed by atoms with van der Waals surface area (Å²) in [5.74, 6) is 0.582. The van der Waals surface area contributed by atoms with Gasteiger partial charge in [-0.15, -0.1) is 0 Å². The fourth-order valence-corrected chi connectivity index (χ4v) is 2.36. The molecule has 0 fully saturated rings. The minimum Gasteiger partial charge on any atom is -0.338 e. The van der Waals surface area contributed by atoms with Crippen molar-refractivity contribution in [2.24, 2.45) is 0 Å². The third-order valence-corrected chi connectivity index (χ3v) is 3.73. The molecule has 0 radical (unpaired) electrons. The standard InChI is InChI=1S/C16H17ClN6O/c17-14-5-3-12(4-6-14)8-20-16(24)18-7-1-2-13-9-19-15-21-11-22-23(15)10-13/h3-6,9-11H,1-2,7-8H2,(H2,18,20,24). The van der Waals surface area contributed by atoms with E-state index in [0.29, 0.717) is 23.9 Å². The third-order valence-electron chi connectivity index (χ3n) is 3.48. The van der Waals surface area contributed by atoms with Crippen molar-refractivity contribution < 1.29 is 4.79 Å². The smallest absolute Gasteiger partial charge is 0.315 e. The van der Waals surface area contributed by atoms with Crippen LogP contribution < -0.4 is 10.6 Å². The number of rotatable bonds is 6. The van der Waals surface area contributed by atoms with Gasteiger partial charge >= 0.3 is 6.03 Å². The zero-order chi connectivity index (χ0) is 16.8. The van der Waals surface area contributed by atoms with E-state index in [1.165, 1.54) is 6.33 Å². The molecule has 0 saturated heterocycles. The molecule has 24 heavy (non-hydrogen) atoms. The second-order valence-electron chi connectivity index (χ2n) is 5.31. The topological polar surface area (TPSA) is 84.2 Å². The number of nitrogens with zero attached hydrogens (tertiary/aromatic N) is 4. The first-order valence-corrected chi connectivity index (χ1v) is 7.99. The van der Waals surface area contributed by atoms with Gasteiger partial charge in [-0.05, 0) is 36.1 Å². The highest BCUT2D eigenvalue weighted by Crippen LogP contribution is 2.09. The molecule has 0 aliphatic carbocycles. The summed E-state index contributed by atoms with van der Waals surface area (Å²) in [6, 6.07) is 7.19. The highest BCUT2D eigenvalue weighted by Gasteiger charge is 2.02. The Hall–Kier alpha value is -2.67. The van der Waals surface area contributed by atoms with Crippen LogP contribution in [0.2, 0.25) is 5.02 Å². The Morgan fingerprint density at radius 1 is 1.12 bits per heavy atom. The van der Waals surface area contributed by atoms with Gasteiger partial charge in [0, 0.05) is 30.5 Å². The van der Waals surface area contributed by atoms with Crippen LogP contribution >= 0.6 is 11.6 Å². The number of halogens is 1. The fraction of sp³-hybridized carbons (Fsp3) is 0.250. The van der Waals surface area contributed by atoms with Crippen LogP contribution in [-0.2, 0) is 13.0 Å². The number of nitrogens with one attached hydrogen (secondary N) is 2. The monoisotopic (exact) mass is 344 g/mol. The van der Waals surface area contributed by atoms with E-state index in [0.717, 1.165) is 24.0 Å². The first kappa shape index (κ1) is 16.2. The lowest BCUT2D eigenvalue weighted by Gasteiger charge is -2.08. The number of hydrogen-bond acceptors (Lipinski definition) is 4. The molecule has 0 unspecified atom stereocenters.